The van der Waals surface area contributed by atoms with E-state index in [4.69, 9.17) is 4.74 Å². The third-order valence-electron chi connectivity index (χ3n) is 3.18. The zero-order valence-electron chi connectivity index (χ0n) is 11.3. The second-order valence-electron chi connectivity index (χ2n) is 4.56. The van der Waals surface area contributed by atoms with Gasteiger partial charge in [-0.1, -0.05) is 42.5 Å². The van der Waals surface area contributed by atoms with Gasteiger partial charge in [-0.15, -0.1) is 12.4 Å². The van der Waals surface area contributed by atoms with Gasteiger partial charge < -0.3 is 9.84 Å². The second-order valence-corrected chi connectivity index (χ2v) is 4.56. The summed E-state index contributed by atoms with van der Waals surface area (Å²) in [5.74, 6) is 0.776. The van der Waals surface area contributed by atoms with Gasteiger partial charge in [0.15, 0.2) is 0 Å². The summed E-state index contributed by atoms with van der Waals surface area (Å²) in [5, 5.41) is 12.2. The normalized spacial score (nSPS) is 11.7. The molecule has 4 heteroatoms. The fourth-order valence-corrected chi connectivity index (χ4v) is 2.15. The van der Waals surface area contributed by atoms with E-state index in [9.17, 15) is 5.11 Å². The second kappa shape index (κ2) is 7.07. The van der Waals surface area contributed by atoms with Gasteiger partial charge in [0.05, 0.1) is 5.69 Å². The molecule has 108 valence electrons. The van der Waals surface area contributed by atoms with Crippen LogP contribution in [-0.4, -0.2) is 16.7 Å². The Morgan fingerprint density at radius 2 is 1.71 bits per heavy atom. The average molecular weight is 302 g/mol. The minimum absolute atomic E-state index is 0. The van der Waals surface area contributed by atoms with Gasteiger partial charge in [0.1, 0.15) is 18.5 Å². The van der Waals surface area contributed by atoms with Crippen LogP contribution in [0.15, 0.2) is 66.9 Å². The Labute approximate surface area is 129 Å². The van der Waals surface area contributed by atoms with Crippen molar-refractivity contribution in [3.8, 4) is 5.75 Å². The molecule has 0 saturated heterocycles. The van der Waals surface area contributed by atoms with Crippen LogP contribution in [0.25, 0.3) is 10.8 Å². The van der Waals surface area contributed by atoms with Crippen molar-refractivity contribution in [1.29, 1.82) is 0 Å². The number of benzene rings is 2. The molecule has 2 aromatic carbocycles. The first-order valence-corrected chi connectivity index (χ1v) is 6.54. The standard InChI is InChI=1S/C17H15NO2.ClH/c19-16(15-9-3-4-11-18-15)12-20-17-10-5-7-13-6-1-2-8-14(13)17;/h1-11,16,19H,12H2;1H. The lowest BCUT2D eigenvalue weighted by Gasteiger charge is -2.13. The third kappa shape index (κ3) is 3.51. The molecule has 0 fully saturated rings. The van der Waals surface area contributed by atoms with Crippen LogP contribution >= 0.6 is 12.4 Å². The van der Waals surface area contributed by atoms with Crippen molar-refractivity contribution in [2.45, 2.75) is 6.10 Å². The highest BCUT2D eigenvalue weighted by Crippen LogP contribution is 2.26. The van der Waals surface area contributed by atoms with Crippen molar-refractivity contribution in [2.24, 2.45) is 0 Å². The van der Waals surface area contributed by atoms with E-state index >= 15 is 0 Å². The Morgan fingerprint density at radius 1 is 0.952 bits per heavy atom. The fraction of sp³-hybridized carbons (Fsp3) is 0.118. The maximum Gasteiger partial charge on any atom is 0.130 e. The molecule has 1 atom stereocenters. The lowest BCUT2D eigenvalue weighted by atomic mass is 10.1. The number of rotatable bonds is 4. The molecule has 1 unspecified atom stereocenters. The SMILES string of the molecule is Cl.OC(COc1cccc2ccccc12)c1ccccn1. The molecule has 3 rings (SSSR count). The van der Waals surface area contributed by atoms with Gasteiger partial charge in [-0.25, -0.2) is 0 Å². The first kappa shape index (κ1) is 15.3. The number of halogens is 1. The van der Waals surface area contributed by atoms with Crippen LogP contribution in [0.3, 0.4) is 0 Å². The number of pyridine rings is 1. The van der Waals surface area contributed by atoms with Gasteiger partial charge in [-0.3, -0.25) is 4.98 Å². The molecule has 0 amide bonds. The zero-order valence-corrected chi connectivity index (χ0v) is 12.2. The van der Waals surface area contributed by atoms with Gasteiger partial charge >= 0.3 is 0 Å². The monoisotopic (exact) mass is 301 g/mol. The Morgan fingerprint density at radius 3 is 2.52 bits per heavy atom. The molecule has 1 heterocycles. The van der Waals surface area contributed by atoms with Crippen molar-refractivity contribution in [3.05, 3.63) is 72.6 Å². The molecule has 1 N–H and O–H groups in total. The Hall–Kier alpha value is -2.10. The van der Waals surface area contributed by atoms with Crippen molar-refractivity contribution in [2.75, 3.05) is 6.61 Å². The number of aliphatic hydroxyl groups excluding tert-OH is 1. The van der Waals surface area contributed by atoms with Crippen LogP contribution in [0.1, 0.15) is 11.8 Å². The molecular weight excluding hydrogens is 286 g/mol. The van der Waals surface area contributed by atoms with Crippen LogP contribution in [0.2, 0.25) is 0 Å². The summed E-state index contributed by atoms with van der Waals surface area (Å²) in [4.78, 5) is 4.12. The van der Waals surface area contributed by atoms with E-state index in [2.05, 4.69) is 4.98 Å². The molecule has 0 radical (unpaired) electrons. The summed E-state index contributed by atoms with van der Waals surface area (Å²) in [6.07, 6.45) is 0.936. The first-order valence-electron chi connectivity index (χ1n) is 6.54. The molecule has 3 aromatic rings. The summed E-state index contributed by atoms with van der Waals surface area (Å²) in [7, 11) is 0. The number of hydrogen-bond acceptors (Lipinski definition) is 3. The van der Waals surface area contributed by atoms with Gasteiger partial charge in [-0.2, -0.15) is 0 Å². The first-order chi connectivity index (χ1) is 9.84. The van der Waals surface area contributed by atoms with E-state index in [-0.39, 0.29) is 19.0 Å². The number of hydrogen-bond donors (Lipinski definition) is 1. The number of fused-ring (bicyclic) bond motifs is 1. The molecule has 3 nitrogen and oxygen atoms in total. The molecule has 0 aliphatic rings. The molecule has 0 bridgehead atoms. The molecule has 0 saturated carbocycles. The molecule has 0 aliphatic heterocycles. The van der Waals surface area contributed by atoms with E-state index in [1.54, 1.807) is 12.3 Å². The van der Waals surface area contributed by atoms with E-state index in [1.165, 1.54) is 0 Å². The summed E-state index contributed by atoms with van der Waals surface area (Å²) in [5.41, 5.74) is 0.618. The number of aromatic nitrogens is 1. The van der Waals surface area contributed by atoms with Crippen LogP contribution < -0.4 is 4.74 Å². The van der Waals surface area contributed by atoms with E-state index in [1.807, 2.05) is 54.6 Å². The predicted octanol–water partition coefficient (Wildman–Crippen LogP) is 3.77. The van der Waals surface area contributed by atoms with Crippen molar-refractivity contribution >= 4 is 23.2 Å². The Bertz CT molecular complexity index is 698. The largest absolute Gasteiger partial charge is 0.490 e. The zero-order chi connectivity index (χ0) is 13.8. The maximum atomic E-state index is 10.1. The number of aliphatic hydroxyl groups is 1. The van der Waals surface area contributed by atoms with Crippen molar-refractivity contribution in [3.63, 3.8) is 0 Å². The molecular formula is C17H16ClNO2. The molecule has 0 spiro atoms. The van der Waals surface area contributed by atoms with Crippen molar-refractivity contribution < 1.29 is 9.84 Å². The van der Waals surface area contributed by atoms with Gasteiger partial charge in [0, 0.05) is 11.6 Å². The minimum atomic E-state index is -0.727. The quantitative estimate of drug-likeness (QED) is 0.797. The summed E-state index contributed by atoms with van der Waals surface area (Å²) < 4.78 is 5.75. The van der Waals surface area contributed by atoms with Crippen LogP contribution in [0, 0.1) is 0 Å². The molecule has 21 heavy (non-hydrogen) atoms. The topological polar surface area (TPSA) is 42.4 Å². The Kier molecular flexibility index (Phi) is 5.14. The Balaban J connectivity index is 0.00000161. The highest BCUT2D eigenvalue weighted by atomic mass is 35.5. The van der Waals surface area contributed by atoms with Crippen molar-refractivity contribution in [1.82, 2.24) is 4.98 Å². The van der Waals surface area contributed by atoms with E-state index in [0.717, 1.165) is 16.5 Å². The summed E-state index contributed by atoms with van der Waals surface area (Å²) in [6, 6.07) is 19.4. The third-order valence-corrected chi connectivity index (χ3v) is 3.18. The number of nitrogens with zero attached hydrogens (tertiary/aromatic N) is 1. The average Bonchev–Trinajstić information content (AvgIpc) is 2.53. The van der Waals surface area contributed by atoms with Crippen LogP contribution in [0.5, 0.6) is 5.75 Å². The molecule has 0 aliphatic carbocycles. The lowest BCUT2D eigenvalue weighted by Crippen LogP contribution is -2.11. The van der Waals surface area contributed by atoms with Crippen LogP contribution in [0.4, 0.5) is 0 Å². The minimum Gasteiger partial charge on any atom is -0.490 e. The highest BCUT2D eigenvalue weighted by molar-refractivity contribution is 5.88. The summed E-state index contributed by atoms with van der Waals surface area (Å²) >= 11 is 0. The lowest BCUT2D eigenvalue weighted by molar-refractivity contribution is 0.105. The fourth-order valence-electron chi connectivity index (χ4n) is 2.15. The predicted molar refractivity (Wildman–Crippen MR) is 85.9 cm³/mol. The summed E-state index contributed by atoms with van der Waals surface area (Å²) in [6.45, 7) is 0.186. The van der Waals surface area contributed by atoms with E-state index < -0.39 is 6.10 Å². The smallest absolute Gasteiger partial charge is 0.130 e. The van der Waals surface area contributed by atoms with Crippen LogP contribution in [-0.2, 0) is 0 Å². The highest BCUT2D eigenvalue weighted by Gasteiger charge is 2.10. The van der Waals surface area contributed by atoms with Gasteiger partial charge in [0.2, 0.25) is 0 Å². The molecule has 1 aromatic heterocycles. The maximum absolute atomic E-state index is 10.1. The van der Waals surface area contributed by atoms with Gasteiger partial charge in [0.25, 0.3) is 0 Å². The number of ether oxygens (including phenoxy) is 1. The van der Waals surface area contributed by atoms with Gasteiger partial charge in [-0.05, 0) is 23.6 Å². The van der Waals surface area contributed by atoms with E-state index in [0.29, 0.717) is 5.69 Å².